The maximum Gasteiger partial charge on any atom is 0.163 e. The number of anilines is 2. The summed E-state index contributed by atoms with van der Waals surface area (Å²) in [5.74, 6) is 2.60. The van der Waals surface area contributed by atoms with Gasteiger partial charge in [0.2, 0.25) is 0 Å². The molecule has 0 atom stereocenters. The number of benzene rings is 1. The summed E-state index contributed by atoms with van der Waals surface area (Å²) in [6.07, 6.45) is 4.80. The van der Waals surface area contributed by atoms with E-state index in [9.17, 15) is 0 Å². The molecule has 0 aliphatic heterocycles. The van der Waals surface area contributed by atoms with Crippen LogP contribution in [0.3, 0.4) is 0 Å². The highest BCUT2D eigenvalue weighted by Crippen LogP contribution is 2.26. The summed E-state index contributed by atoms with van der Waals surface area (Å²) in [6.45, 7) is 3.14. The lowest BCUT2D eigenvalue weighted by Gasteiger charge is -2.11. The van der Waals surface area contributed by atoms with Gasteiger partial charge in [-0.1, -0.05) is 43.7 Å². The van der Waals surface area contributed by atoms with Gasteiger partial charge in [0.25, 0.3) is 0 Å². The molecule has 0 radical (unpaired) electrons. The fraction of sp³-hybridized carbons (Fsp3) is 0.412. The zero-order chi connectivity index (χ0) is 14.5. The molecule has 0 saturated heterocycles. The van der Waals surface area contributed by atoms with E-state index in [4.69, 9.17) is 0 Å². The number of aromatic nitrogens is 2. The summed E-state index contributed by atoms with van der Waals surface area (Å²) >= 11 is 0. The Labute approximate surface area is 126 Å². The van der Waals surface area contributed by atoms with Crippen LogP contribution >= 0.6 is 0 Å². The predicted molar refractivity (Wildman–Crippen MR) is 87.5 cm³/mol. The first-order chi connectivity index (χ1) is 10.3. The van der Waals surface area contributed by atoms with Crippen LogP contribution in [0.4, 0.5) is 11.6 Å². The summed E-state index contributed by atoms with van der Waals surface area (Å²) < 4.78 is 0. The first kappa shape index (κ1) is 13.9. The van der Waals surface area contributed by atoms with E-state index in [1.807, 2.05) is 36.4 Å². The van der Waals surface area contributed by atoms with Gasteiger partial charge in [0, 0.05) is 24.2 Å². The molecule has 0 bridgehead atoms. The van der Waals surface area contributed by atoms with Crippen molar-refractivity contribution in [3.63, 3.8) is 0 Å². The second-order valence-corrected chi connectivity index (χ2v) is 5.53. The smallest absolute Gasteiger partial charge is 0.163 e. The number of unbranched alkanes of at least 4 members (excludes halogenated alkanes) is 1. The van der Waals surface area contributed by atoms with Gasteiger partial charge in [-0.2, -0.15) is 0 Å². The van der Waals surface area contributed by atoms with Crippen molar-refractivity contribution in [2.24, 2.45) is 0 Å². The Kier molecular flexibility index (Phi) is 4.34. The quantitative estimate of drug-likeness (QED) is 0.755. The third-order valence-electron chi connectivity index (χ3n) is 3.52. The van der Waals surface area contributed by atoms with E-state index >= 15 is 0 Å². The number of hydrogen-bond donors (Lipinski definition) is 2. The fourth-order valence-electron chi connectivity index (χ4n) is 2.16. The zero-order valence-corrected chi connectivity index (χ0v) is 12.5. The van der Waals surface area contributed by atoms with Gasteiger partial charge >= 0.3 is 0 Å². The molecule has 0 unspecified atom stereocenters. The van der Waals surface area contributed by atoms with Gasteiger partial charge in [0.05, 0.1) is 0 Å². The Morgan fingerprint density at radius 1 is 1.10 bits per heavy atom. The van der Waals surface area contributed by atoms with E-state index < -0.39 is 0 Å². The molecular weight excluding hydrogens is 260 g/mol. The van der Waals surface area contributed by atoms with Gasteiger partial charge in [-0.05, 0) is 19.3 Å². The second-order valence-electron chi connectivity index (χ2n) is 5.53. The molecule has 1 fully saturated rings. The summed E-state index contributed by atoms with van der Waals surface area (Å²) in [6, 6.07) is 12.7. The Hall–Kier alpha value is -2.10. The normalized spacial score (nSPS) is 14.0. The number of nitrogens with one attached hydrogen (secondary N) is 2. The van der Waals surface area contributed by atoms with Crippen LogP contribution < -0.4 is 10.6 Å². The van der Waals surface area contributed by atoms with Crippen molar-refractivity contribution in [3.05, 3.63) is 36.4 Å². The van der Waals surface area contributed by atoms with Crippen molar-refractivity contribution in [1.82, 2.24) is 9.97 Å². The highest BCUT2D eigenvalue weighted by atomic mass is 15.1. The highest BCUT2D eigenvalue weighted by Gasteiger charge is 2.22. The minimum absolute atomic E-state index is 0.590. The summed E-state index contributed by atoms with van der Waals surface area (Å²) in [7, 11) is 0. The SMILES string of the molecule is CCCCNc1cc(NC2CC2)nc(-c2ccccc2)n1. The fourth-order valence-corrected chi connectivity index (χ4v) is 2.16. The largest absolute Gasteiger partial charge is 0.370 e. The van der Waals surface area contributed by atoms with Crippen molar-refractivity contribution in [3.8, 4) is 11.4 Å². The molecule has 1 aromatic carbocycles. The first-order valence-electron chi connectivity index (χ1n) is 7.80. The molecule has 0 spiro atoms. The van der Waals surface area contributed by atoms with Gasteiger partial charge in [-0.15, -0.1) is 0 Å². The molecule has 1 saturated carbocycles. The monoisotopic (exact) mass is 282 g/mol. The van der Waals surface area contributed by atoms with Gasteiger partial charge in [-0.3, -0.25) is 0 Å². The second kappa shape index (κ2) is 6.57. The Morgan fingerprint density at radius 2 is 1.86 bits per heavy atom. The van der Waals surface area contributed by atoms with Gasteiger partial charge in [-0.25, -0.2) is 9.97 Å². The molecule has 1 aromatic heterocycles. The average molecular weight is 282 g/mol. The third-order valence-corrected chi connectivity index (χ3v) is 3.52. The van der Waals surface area contributed by atoms with Gasteiger partial charge in [0.1, 0.15) is 11.6 Å². The lowest BCUT2D eigenvalue weighted by atomic mass is 10.2. The predicted octanol–water partition coefficient (Wildman–Crippen LogP) is 3.93. The molecular formula is C17H22N4. The van der Waals surface area contributed by atoms with E-state index in [-0.39, 0.29) is 0 Å². The molecule has 4 heteroatoms. The maximum atomic E-state index is 4.65. The minimum atomic E-state index is 0.590. The molecule has 3 rings (SSSR count). The Bertz CT molecular complexity index is 579. The molecule has 110 valence electrons. The van der Waals surface area contributed by atoms with Crippen molar-refractivity contribution >= 4 is 11.6 Å². The van der Waals surface area contributed by atoms with E-state index in [1.165, 1.54) is 19.3 Å². The highest BCUT2D eigenvalue weighted by molar-refractivity contribution is 5.61. The zero-order valence-electron chi connectivity index (χ0n) is 12.5. The standard InChI is InChI=1S/C17H22N4/c1-2-3-11-18-15-12-16(19-14-9-10-14)21-17(20-15)13-7-5-4-6-8-13/h4-8,12,14H,2-3,9-11H2,1H3,(H2,18,19,20,21). The molecule has 2 aromatic rings. The van der Waals surface area contributed by atoms with Gasteiger partial charge < -0.3 is 10.6 Å². The lowest BCUT2D eigenvalue weighted by Crippen LogP contribution is -2.08. The van der Waals surface area contributed by atoms with Crippen LogP contribution in [0.1, 0.15) is 32.6 Å². The van der Waals surface area contributed by atoms with Crippen LogP contribution in [0.5, 0.6) is 0 Å². The number of hydrogen-bond acceptors (Lipinski definition) is 4. The van der Waals surface area contributed by atoms with Crippen LogP contribution in [0.2, 0.25) is 0 Å². The number of nitrogens with zero attached hydrogens (tertiary/aromatic N) is 2. The summed E-state index contributed by atoms with van der Waals surface area (Å²) in [5, 5.41) is 6.86. The van der Waals surface area contributed by atoms with Crippen molar-refractivity contribution in [1.29, 1.82) is 0 Å². The van der Waals surface area contributed by atoms with Crippen molar-refractivity contribution in [2.75, 3.05) is 17.2 Å². The third kappa shape index (κ3) is 3.94. The Balaban J connectivity index is 1.84. The molecule has 2 N–H and O–H groups in total. The minimum Gasteiger partial charge on any atom is -0.370 e. The maximum absolute atomic E-state index is 4.65. The van der Waals surface area contributed by atoms with E-state index in [0.29, 0.717) is 6.04 Å². The number of rotatable bonds is 7. The molecule has 4 nitrogen and oxygen atoms in total. The molecule has 21 heavy (non-hydrogen) atoms. The molecule has 0 amide bonds. The van der Waals surface area contributed by atoms with Crippen LogP contribution in [0.25, 0.3) is 11.4 Å². The average Bonchev–Trinajstić information content (AvgIpc) is 3.32. The van der Waals surface area contributed by atoms with Crippen LogP contribution in [0, 0.1) is 0 Å². The first-order valence-corrected chi connectivity index (χ1v) is 7.80. The van der Waals surface area contributed by atoms with E-state index in [2.05, 4.69) is 27.5 Å². The summed E-state index contributed by atoms with van der Waals surface area (Å²) in [5.41, 5.74) is 1.05. The van der Waals surface area contributed by atoms with Crippen LogP contribution in [0.15, 0.2) is 36.4 Å². The van der Waals surface area contributed by atoms with Crippen molar-refractivity contribution < 1.29 is 0 Å². The van der Waals surface area contributed by atoms with Crippen molar-refractivity contribution in [2.45, 2.75) is 38.6 Å². The molecule has 1 aliphatic carbocycles. The molecule has 1 heterocycles. The van der Waals surface area contributed by atoms with Gasteiger partial charge in [0.15, 0.2) is 5.82 Å². The van der Waals surface area contributed by atoms with E-state index in [1.54, 1.807) is 0 Å². The molecule has 1 aliphatic rings. The van der Waals surface area contributed by atoms with E-state index in [0.717, 1.165) is 36.0 Å². The summed E-state index contributed by atoms with van der Waals surface area (Å²) in [4.78, 5) is 9.29. The van der Waals surface area contributed by atoms with Crippen LogP contribution in [-0.4, -0.2) is 22.6 Å². The van der Waals surface area contributed by atoms with Crippen LogP contribution in [-0.2, 0) is 0 Å². The topological polar surface area (TPSA) is 49.8 Å². The Morgan fingerprint density at radius 3 is 2.57 bits per heavy atom. The lowest BCUT2D eigenvalue weighted by molar-refractivity contribution is 0.830.